The number of amides is 1. The highest BCUT2D eigenvalue weighted by molar-refractivity contribution is 5.88. The van der Waals surface area contributed by atoms with Gasteiger partial charge in [-0.3, -0.25) is 10.1 Å². The molecule has 7 nitrogen and oxygen atoms in total. The van der Waals surface area contributed by atoms with Crippen molar-refractivity contribution in [2.45, 2.75) is 37.5 Å². The molecule has 0 unspecified atom stereocenters. The third-order valence-electron chi connectivity index (χ3n) is 6.87. The SMILES string of the molecule is C[C@@H](OC(=O)Nc1cc(C(F)(F)F)nn1-c1c(-c2ccccc2)ccc(C2(C(=O)O)CC2)c1F)c1ccccc1. The number of rotatable bonds is 7. The van der Waals surface area contributed by atoms with Crippen molar-refractivity contribution in [3.63, 3.8) is 0 Å². The molecule has 4 aromatic rings. The molecule has 1 amide bonds. The van der Waals surface area contributed by atoms with Gasteiger partial charge in [0.2, 0.25) is 0 Å². The minimum absolute atomic E-state index is 0.147. The normalized spacial score (nSPS) is 14.8. The van der Waals surface area contributed by atoms with Gasteiger partial charge in [-0.2, -0.15) is 18.3 Å². The van der Waals surface area contributed by atoms with Gasteiger partial charge in [-0.05, 0) is 30.9 Å². The van der Waals surface area contributed by atoms with Crippen molar-refractivity contribution in [2.24, 2.45) is 0 Å². The predicted molar refractivity (Wildman–Crippen MR) is 137 cm³/mol. The van der Waals surface area contributed by atoms with Gasteiger partial charge >= 0.3 is 18.2 Å². The summed E-state index contributed by atoms with van der Waals surface area (Å²) in [5.41, 5.74) is -2.25. The third-order valence-corrected chi connectivity index (χ3v) is 6.87. The summed E-state index contributed by atoms with van der Waals surface area (Å²) >= 11 is 0. The van der Waals surface area contributed by atoms with E-state index in [2.05, 4.69) is 10.4 Å². The van der Waals surface area contributed by atoms with Crippen molar-refractivity contribution in [1.82, 2.24) is 9.78 Å². The second-order valence-electron chi connectivity index (χ2n) is 9.48. The lowest BCUT2D eigenvalue weighted by Crippen LogP contribution is -2.23. The maximum atomic E-state index is 16.3. The van der Waals surface area contributed by atoms with Crippen molar-refractivity contribution >= 4 is 17.9 Å². The molecule has 1 fully saturated rings. The number of halogens is 4. The Kier molecular flexibility index (Phi) is 6.82. The minimum atomic E-state index is -4.93. The first-order valence-corrected chi connectivity index (χ1v) is 12.3. The Hall–Kier alpha value is -4.67. The number of nitrogens with one attached hydrogen (secondary N) is 1. The van der Waals surface area contributed by atoms with Crippen LogP contribution in [0.25, 0.3) is 16.8 Å². The molecule has 0 spiro atoms. The number of alkyl halides is 3. The van der Waals surface area contributed by atoms with Gasteiger partial charge in [-0.25, -0.2) is 13.9 Å². The van der Waals surface area contributed by atoms with E-state index in [1.165, 1.54) is 12.1 Å². The third kappa shape index (κ3) is 5.02. The van der Waals surface area contributed by atoms with Gasteiger partial charge in [-0.15, -0.1) is 0 Å². The van der Waals surface area contributed by atoms with Gasteiger partial charge in [0.15, 0.2) is 11.5 Å². The van der Waals surface area contributed by atoms with E-state index in [1.54, 1.807) is 67.6 Å². The molecular formula is C29H23F4N3O4. The zero-order valence-corrected chi connectivity index (χ0v) is 21.1. The summed E-state index contributed by atoms with van der Waals surface area (Å²) in [5, 5.41) is 15.7. The fraction of sp³-hybridized carbons (Fsp3) is 0.207. The highest BCUT2D eigenvalue weighted by Crippen LogP contribution is 2.51. The number of ether oxygens (including phenoxy) is 1. The van der Waals surface area contributed by atoms with Crippen LogP contribution in [-0.4, -0.2) is 26.9 Å². The van der Waals surface area contributed by atoms with Crippen molar-refractivity contribution in [3.05, 3.63) is 102 Å². The second-order valence-corrected chi connectivity index (χ2v) is 9.48. The Morgan fingerprint density at radius 2 is 1.65 bits per heavy atom. The van der Waals surface area contributed by atoms with E-state index >= 15 is 4.39 Å². The molecule has 1 aromatic heterocycles. The monoisotopic (exact) mass is 553 g/mol. The minimum Gasteiger partial charge on any atom is -0.481 e. The van der Waals surface area contributed by atoms with E-state index in [9.17, 15) is 27.9 Å². The predicted octanol–water partition coefficient (Wildman–Crippen LogP) is 7.12. The first-order valence-electron chi connectivity index (χ1n) is 12.3. The van der Waals surface area contributed by atoms with E-state index in [-0.39, 0.29) is 24.0 Å². The highest BCUT2D eigenvalue weighted by Gasteiger charge is 2.54. The maximum absolute atomic E-state index is 16.3. The van der Waals surface area contributed by atoms with Crippen LogP contribution in [0.5, 0.6) is 0 Å². The summed E-state index contributed by atoms with van der Waals surface area (Å²) in [4.78, 5) is 24.8. The summed E-state index contributed by atoms with van der Waals surface area (Å²) in [6, 6.07) is 20.3. The molecule has 1 aliphatic carbocycles. The summed E-state index contributed by atoms with van der Waals surface area (Å²) in [6.45, 7) is 1.59. The fourth-order valence-corrected chi connectivity index (χ4v) is 4.58. The van der Waals surface area contributed by atoms with Crippen LogP contribution < -0.4 is 5.32 Å². The van der Waals surface area contributed by atoms with Crippen molar-refractivity contribution in [3.8, 4) is 16.8 Å². The summed E-state index contributed by atoms with van der Waals surface area (Å²) in [7, 11) is 0. The number of carboxylic acids is 1. The zero-order valence-electron chi connectivity index (χ0n) is 21.1. The van der Waals surface area contributed by atoms with Gasteiger partial charge in [0.1, 0.15) is 17.6 Å². The molecule has 0 aliphatic heterocycles. The topological polar surface area (TPSA) is 93.5 Å². The molecule has 0 radical (unpaired) electrons. The van der Waals surface area contributed by atoms with Gasteiger partial charge in [0, 0.05) is 17.2 Å². The first kappa shape index (κ1) is 26.9. The molecule has 1 saturated carbocycles. The average Bonchev–Trinajstić information content (AvgIpc) is 3.63. The Balaban J connectivity index is 1.63. The van der Waals surface area contributed by atoms with Gasteiger partial charge in [0.05, 0.1) is 5.41 Å². The number of anilines is 1. The molecule has 1 aliphatic rings. The van der Waals surface area contributed by atoms with Crippen LogP contribution in [0, 0.1) is 5.82 Å². The Labute approximate surface area is 226 Å². The molecule has 11 heteroatoms. The molecule has 0 bridgehead atoms. The van der Waals surface area contributed by atoms with Crippen molar-refractivity contribution in [2.75, 3.05) is 5.32 Å². The number of carbonyl (C=O) groups is 2. The Morgan fingerprint density at radius 3 is 2.23 bits per heavy atom. The molecule has 0 saturated heterocycles. The van der Waals surface area contributed by atoms with E-state index in [4.69, 9.17) is 4.74 Å². The highest BCUT2D eigenvalue weighted by atomic mass is 19.4. The van der Waals surface area contributed by atoms with E-state index in [0.717, 1.165) is 0 Å². The van der Waals surface area contributed by atoms with Gasteiger partial charge < -0.3 is 9.84 Å². The number of benzene rings is 3. The molecule has 40 heavy (non-hydrogen) atoms. The number of hydrogen-bond acceptors (Lipinski definition) is 4. The smallest absolute Gasteiger partial charge is 0.435 e. The number of carboxylic acid groups (broad SMARTS) is 1. The van der Waals surface area contributed by atoms with Gasteiger partial charge in [-0.1, -0.05) is 72.8 Å². The van der Waals surface area contributed by atoms with Crippen molar-refractivity contribution < 1.29 is 37.0 Å². The van der Waals surface area contributed by atoms with E-state index < -0.39 is 52.8 Å². The van der Waals surface area contributed by atoms with Crippen LogP contribution in [0.2, 0.25) is 0 Å². The van der Waals surface area contributed by atoms with E-state index in [0.29, 0.717) is 21.9 Å². The molecule has 2 N–H and O–H groups in total. The van der Waals surface area contributed by atoms with Crippen LogP contribution in [0.1, 0.15) is 42.7 Å². The standard InChI is InChI=1S/C29H23F4N3O4/c1-17(18-8-4-2-5-9-18)40-27(39)34-23-16-22(29(31,32)33)35-36(23)25-20(19-10-6-3-7-11-19)12-13-21(24(25)30)28(14-15-28)26(37)38/h2-13,16-17H,14-15H2,1H3,(H,34,39)(H,37,38)/t17-/m1/s1. The molecule has 206 valence electrons. The first-order chi connectivity index (χ1) is 19.0. The van der Waals surface area contributed by atoms with E-state index in [1.807, 2.05) is 0 Å². The number of carbonyl (C=O) groups excluding carboxylic acids is 1. The number of nitrogens with zero attached hydrogens (tertiary/aromatic N) is 2. The van der Waals surface area contributed by atoms with Crippen LogP contribution in [-0.2, 0) is 21.1 Å². The quantitative estimate of drug-likeness (QED) is 0.238. The second kappa shape index (κ2) is 10.1. The molecule has 1 atom stereocenters. The fourth-order valence-electron chi connectivity index (χ4n) is 4.58. The maximum Gasteiger partial charge on any atom is 0.435 e. The lowest BCUT2D eigenvalue weighted by molar-refractivity contribution is -0.141. The zero-order chi connectivity index (χ0) is 28.7. The largest absolute Gasteiger partial charge is 0.481 e. The van der Waals surface area contributed by atoms with Crippen LogP contribution >= 0.6 is 0 Å². The molecule has 1 heterocycles. The molecular weight excluding hydrogens is 530 g/mol. The Bertz CT molecular complexity index is 1570. The van der Waals surface area contributed by atoms with Gasteiger partial charge in [0.25, 0.3) is 0 Å². The van der Waals surface area contributed by atoms with Crippen LogP contribution in [0.3, 0.4) is 0 Å². The lowest BCUT2D eigenvalue weighted by Gasteiger charge is -2.20. The summed E-state index contributed by atoms with van der Waals surface area (Å²) in [6.07, 6.45) is -6.42. The number of hydrogen-bond donors (Lipinski definition) is 2. The summed E-state index contributed by atoms with van der Waals surface area (Å²) in [5.74, 6) is -2.80. The summed E-state index contributed by atoms with van der Waals surface area (Å²) < 4.78 is 63.6. The molecule has 3 aromatic carbocycles. The molecule has 5 rings (SSSR count). The van der Waals surface area contributed by atoms with Crippen LogP contribution in [0.15, 0.2) is 78.9 Å². The Morgan fingerprint density at radius 1 is 1.02 bits per heavy atom. The number of aliphatic carboxylic acids is 1. The van der Waals surface area contributed by atoms with Crippen LogP contribution in [0.4, 0.5) is 28.2 Å². The lowest BCUT2D eigenvalue weighted by atomic mass is 9.91. The number of aromatic nitrogens is 2. The average molecular weight is 554 g/mol. The van der Waals surface area contributed by atoms with Crippen molar-refractivity contribution in [1.29, 1.82) is 0 Å².